The molecule has 1 fully saturated rings. The van der Waals surface area contributed by atoms with Crippen LogP contribution < -0.4 is 10.2 Å². The molecule has 0 radical (unpaired) electrons. The number of aromatic nitrogens is 3. The van der Waals surface area contributed by atoms with Crippen molar-refractivity contribution in [1.29, 1.82) is 0 Å². The highest BCUT2D eigenvalue weighted by Crippen LogP contribution is 2.20. The maximum atomic E-state index is 12.9. The summed E-state index contributed by atoms with van der Waals surface area (Å²) >= 11 is 0. The number of carbonyl (C=O) groups excluding carboxylic acids is 1. The van der Waals surface area contributed by atoms with Gasteiger partial charge in [-0.05, 0) is 44.5 Å². The van der Waals surface area contributed by atoms with E-state index < -0.39 is 0 Å². The first-order chi connectivity index (χ1) is 11.8. The Labute approximate surface area is 155 Å². The minimum atomic E-state index is -0.0742. The van der Waals surface area contributed by atoms with Crippen molar-refractivity contribution in [1.82, 2.24) is 20.3 Å². The number of anilines is 1. The summed E-state index contributed by atoms with van der Waals surface area (Å²) in [6.45, 7) is 4.79. The lowest BCUT2D eigenvalue weighted by Crippen LogP contribution is -2.32. The summed E-state index contributed by atoms with van der Waals surface area (Å²) in [6.07, 6.45) is 5.85. The molecule has 1 aromatic carbocycles. The molecule has 1 N–H and O–H groups in total. The van der Waals surface area contributed by atoms with Crippen LogP contribution in [0.5, 0.6) is 0 Å². The topological polar surface area (TPSA) is 63.1 Å². The number of nitrogens with zero attached hydrogens (tertiary/aromatic N) is 4. The van der Waals surface area contributed by atoms with Crippen molar-refractivity contribution in [2.45, 2.75) is 38.6 Å². The average molecular weight is 364 g/mol. The molecule has 0 saturated carbocycles. The van der Waals surface area contributed by atoms with Crippen molar-refractivity contribution in [2.75, 3.05) is 24.5 Å². The monoisotopic (exact) mass is 363 g/mol. The average Bonchev–Trinajstić information content (AvgIpc) is 3.14. The van der Waals surface area contributed by atoms with Crippen molar-refractivity contribution >= 4 is 24.0 Å². The fourth-order valence-electron chi connectivity index (χ4n) is 3.03. The lowest BCUT2D eigenvalue weighted by molar-refractivity contribution is 0.0981. The van der Waals surface area contributed by atoms with Crippen LogP contribution in [0.4, 0.5) is 5.69 Å². The molecule has 1 aliphatic heterocycles. The highest BCUT2D eigenvalue weighted by Gasteiger charge is 2.23. The van der Waals surface area contributed by atoms with Gasteiger partial charge in [-0.3, -0.25) is 4.79 Å². The molecule has 0 spiro atoms. The SMILES string of the molecule is CCCCN(C(=O)c1cn(C2CCNCC2)nn1)c1ccccc1.Cl. The molecular formula is C18H26ClN5O. The zero-order valence-corrected chi connectivity index (χ0v) is 15.4. The standard InChI is InChI=1S/C18H25N5O.ClH/c1-2-3-13-22(15-7-5-4-6-8-15)18(24)17-14-23(21-20-17)16-9-11-19-12-10-16;/h4-8,14,16,19H,2-3,9-13H2,1H3;1H. The van der Waals surface area contributed by atoms with Crippen molar-refractivity contribution < 1.29 is 4.79 Å². The maximum Gasteiger partial charge on any atom is 0.280 e. The highest BCUT2D eigenvalue weighted by molar-refractivity contribution is 6.04. The van der Waals surface area contributed by atoms with Crippen molar-refractivity contribution in [3.05, 3.63) is 42.2 Å². The summed E-state index contributed by atoms with van der Waals surface area (Å²) in [4.78, 5) is 14.8. The molecule has 0 unspecified atom stereocenters. The predicted molar refractivity (Wildman–Crippen MR) is 101 cm³/mol. The Morgan fingerprint density at radius 1 is 1.28 bits per heavy atom. The van der Waals surface area contributed by atoms with Gasteiger partial charge in [-0.25, -0.2) is 4.68 Å². The van der Waals surface area contributed by atoms with Crippen LogP contribution in [-0.4, -0.2) is 40.5 Å². The molecule has 0 bridgehead atoms. The van der Waals surface area contributed by atoms with E-state index in [-0.39, 0.29) is 18.3 Å². The van der Waals surface area contributed by atoms with Gasteiger partial charge in [-0.1, -0.05) is 36.8 Å². The molecular weight excluding hydrogens is 338 g/mol. The third kappa shape index (κ3) is 4.80. The van der Waals surface area contributed by atoms with Gasteiger partial charge in [0.05, 0.1) is 12.2 Å². The molecule has 136 valence electrons. The molecule has 0 aliphatic carbocycles. The number of nitrogens with one attached hydrogen (secondary N) is 1. The predicted octanol–water partition coefficient (Wildman–Crippen LogP) is 3.07. The molecule has 6 nitrogen and oxygen atoms in total. The summed E-state index contributed by atoms with van der Waals surface area (Å²) < 4.78 is 1.86. The van der Waals surface area contributed by atoms with Gasteiger partial charge >= 0.3 is 0 Å². The Kier molecular flexibility index (Phi) is 7.40. The van der Waals surface area contributed by atoms with Gasteiger partial charge in [-0.15, -0.1) is 17.5 Å². The highest BCUT2D eigenvalue weighted by atomic mass is 35.5. The summed E-state index contributed by atoms with van der Waals surface area (Å²) in [5.41, 5.74) is 1.33. The number of piperidine rings is 1. The van der Waals surface area contributed by atoms with Crippen molar-refractivity contribution in [3.8, 4) is 0 Å². The Hall–Kier alpha value is -1.92. The Morgan fingerprint density at radius 3 is 2.68 bits per heavy atom. The second-order valence-corrected chi connectivity index (χ2v) is 6.21. The number of rotatable bonds is 6. The van der Waals surface area contributed by atoms with Crippen LogP contribution in [0.25, 0.3) is 0 Å². The minimum Gasteiger partial charge on any atom is -0.317 e. The van der Waals surface area contributed by atoms with Crippen LogP contribution in [0.1, 0.15) is 49.1 Å². The number of amides is 1. The molecule has 2 aromatic rings. The molecule has 1 aliphatic rings. The van der Waals surface area contributed by atoms with Crippen LogP contribution >= 0.6 is 12.4 Å². The van der Waals surface area contributed by atoms with Gasteiger partial charge in [0, 0.05) is 12.2 Å². The summed E-state index contributed by atoms with van der Waals surface area (Å²) in [5, 5.41) is 11.7. The summed E-state index contributed by atoms with van der Waals surface area (Å²) in [5.74, 6) is -0.0742. The van der Waals surface area contributed by atoms with E-state index in [1.165, 1.54) is 0 Å². The lowest BCUT2D eigenvalue weighted by atomic mass is 10.1. The van der Waals surface area contributed by atoms with Crippen molar-refractivity contribution in [2.24, 2.45) is 0 Å². The van der Waals surface area contributed by atoms with E-state index in [4.69, 9.17) is 0 Å². The summed E-state index contributed by atoms with van der Waals surface area (Å²) in [6, 6.07) is 10.1. The van der Waals surface area contributed by atoms with E-state index in [2.05, 4.69) is 22.6 Å². The first-order valence-corrected chi connectivity index (χ1v) is 8.79. The molecule has 1 aromatic heterocycles. The molecule has 2 heterocycles. The molecule has 1 saturated heterocycles. The number of carbonyl (C=O) groups is 1. The smallest absolute Gasteiger partial charge is 0.280 e. The molecule has 25 heavy (non-hydrogen) atoms. The number of para-hydroxylation sites is 1. The van der Waals surface area contributed by atoms with Crippen LogP contribution in [0, 0.1) is 0 Å². The van der Waals surface area contributed by atoms with Crippen LogP contribution in [-0.2, 0) is 0 Å². The van der Waals surface area contributed by atoms with E-state index in [9.17, 15) is 4.79 Å². The second kappa shape index (κ2) is 9.53. The molecule has 1 amide bonds. The molecule has 3 rings (SSSR count). The minimum absolute atomic E-state index is 0. The fraction of sp³-hybridized carbons (Fsp3) is 0.500. The summed E-state index contributed by atoms with van der Waals surface area (Å²) in [7, 11) is 0. The number of unbranched alkanes of at least 4 members (excludes halogenated alkanes) is 1. The number of benzene rings is 1. The Balaban J connectivity index is 0.00000225. The number of hydrogen-bond acceptors (Lipinski definition) is 4. The van der Waals surface area contributed by atoms with Crippen LogP contribution in [0.15, 0.2) is 36.5 Å². The number of hydrogen-bond donors (Lipinski definition) is 1. The normalized spacial score (nSPS) is 14.8. The second-order valence-electron chi connectivity index (χ2n) is 6.21. The van der Waals surface area contributed by atoms with E-state index in [1.54, 1.807) is 11.1 Å². The number of halogens is 1. The van der Waals surface area contributed by atoms with E-state index in [1.807, 2.05) is 35.0 Å². The van der Waals surface area contributed by atoms with Crippen LogP contribution in [0.3, 0.4) is 0 Å². The van der Waals surface area contributed by atoms with E-state index in [0.29, 0.717) is 18.3 Å². The fourth-order valence-corrected chi connectivity index (χ4v) is 3.03. The first-order valence-electron chi connectivity index (χ1n) is 8.79. The van der Waals surface area contributed by atoms with Gasteiger partial charge in [-0.2, -0.15) is 0 Å². The van der Waals surface area contributed by atoms with E-state index in [0.717, 1.165) is 44.5 Å². The van der Waals surface area contributed by atoms with Gasteiger partial charge < -0.3 is 10.2 Å². The molecule has 7 heteroatoms. The maximum absolute atomic E-state index is 12.9. The quantitative estimate of drug-likeness (QED) is 0.856. The third-order valence-electron chi connectivity index (χ3n) is 4.46. The van der Waals surface area contributed by atoms with Gasteiger partial charge in [0.2, 0.25) is 0 Å². The zero-order chi connectivity index (χ0) is 16.8. The van der Waals surface area contributed by atoms with Gasteiger partial charge in [0.1, 0.15) is 0 Å². The zero-order valence-electron chi connectivity index (χ0n) is 14.6. The van der Waals surface area contributed by atoms with Crippen molar-refractivity contribution in [3.63, 3.8) is 0 Å². The van der Waals surface area contributed by atoms with Crippen LogP contribution in [0.2, 0.25) is 0 Å². The Morgan fingerprint density at radius 2 is 2.00 bits per heavy atom. The van der Waals surface area contributed by atoms with Gasteiger partial charge in [0.25, 0.3) is 5.91 Å². The Bertz CT molecular complexity index is 654. The first kappa shape index (κ1) is 19.4. The lowest BCUT2D eigenvalue weighted by Gasteiger charge is -2.22. The molecule has 0 atom stereocenters. The van der Waals surface area contributed by atoms with Gasteiger partial charge in [0.15, 0.2) is 5.69 Å². The largest absolute Gasteiger partial charge is 0.317 e. The van der Waals surface area contributed by atoms with E-state index >= 15 is 0 Å². The third-order valence-corrected chi connectivity index (χ3v) is 4.46.